The van der Waals surface area contributed by atoms with E-state index in [4.69, 9.17) is 16.3 Å². The van der Waals surface area contributed by atoms with Crippen LogP contribution < -0.4 is 15.4 Å². The van der Waals surface area contributed by atoms with Gasteiger partial charge in [0.2, 0.25) is 0 Å². The van der Waals surface area contributed by atoms with Crippen LogP contribution in [-0.2, 0) is 4.79 Å². The fourth-order valence-electron chi connectivity index (χ4n) is 3.25. The van der Waals surface area contributed by atoms with Gasteiger partial charge in [0, 0.05) is 5.02 Å². The third-order valence-corrected chi connectivity index (χ3v) is 4.89. The number of aromatic nitrogens is 2. The number of hydrogen-bond acceptors (Lipinski definition) is 5. The van der Waals surface area contributed by atoms with Gasteiger partial charge in [-0.3, -0.25) is 4.79 Å². The smallest absolute Gasteiger partial charge is 0.352 e. The molecule has 1 aliphatic heterocycles. The number of nitrogens with one attached hydrogen (secondary N) is 2. The zero-order valence-electron chi connectivity index (χ0n) is 15.8. The number of carbonyl (C=O) groups is 2. The number of para-hydroxylation sites is 2. The molecule has 0 saturated heterocycles. The van der Waals surface area contributed by atoms with Crippen LogP contribution in [0.25, 0.3) is 0 Å². The Balaban J connectivity index is 1.73. The molecule has 1 aliphatic rings. The van der Waals surface area contributed by atoms with Crippen molar-refractivity contribution in [3.63, 3.8) is 0 Å². The lowest BCUT2D eigenvalue weighted by atomic mass is 10.0. The lowest BCUT2D eigenvalue weighted by molar-refractivity contribution is -0.132. The van der Waals surface area contributed by atoms with E-state index in [1.54, 1.807) is 47.1 Å². The Labute approximate surface area is 176 Å². The van der Waals surface area contributed by atoms with Crippen molar-refractivity contribution in [1.29, 1.82) is 0 Å². The summed E-state index contributed by atoms with van der Waals surface area (Å²) in [6.45, 7) is 0. The molecule has 0 fully saturated rings. The standard InChI is InChI=1S/C21H17ClN4O4/c1-30-18-8-3-2-7-15(18)25-20(27)14-11-23-26-17(12-5-4-6-13(22)9-12)10-16(21(28)29)24-19(14)26/h2-11,17,24H,1H3,(H,25,27)(H,28,29). The molecule has 1 aromatic heterocycles. The summed E-state index contributed by atoms with van der Waals surface area (Å²) in [5.41, 5.74) is 1.36. The molecule has 9 heteroatoms. The highest BCUT2D eigenvalue weighted by Gasteiger charge is 2.29. The molecule has 1 atom stereocenters. The van der Waals surface area contributed by atoms with E-state index in [2.05, 4.69) is 15.7 Å². The van der Waals surface area contributed by atoms with E-state index in [-0.39, 0.29) is 17.1 Å². The minimum absolute atomic E-state index is 0.0562. The second-order valence-corrected chi connectivity index (χ2v) is 6.95. The molecule has 0 bridgehead atoms. The molecule has 2 aromatic carbocycles. The summed E-state index contributed by atoms with van der Waals surface area (Å²) < 4.78 is 6.81. The van der Waals surface area contributed by atoms with E-state index in [1.807, 2.05) is 6.07 Å². The lowest BCUT2D eigenvalue weighted by Crippen LogP contribution is -2.25. The molecule has 0 radical (unpaired) electrons. The molecule has 3 aromatic rings. The van der Waals surface area contributed by atoms with Crippen molar-refractivity contribution in [1.82, 2.24) is 9.78 Å². The Morgan fingerprint density at radius 2 is 2.03 bits per heavy atom. The minimum Gasteiger partial charge on any atom is -0.495 e. The van der Waals surface area contributed by atoms with Gasteiger partial charge in [0.25, 0.3) is 5.91 Å². The lowest BCUT2D eigenvalue weighted by Gasteiger charge is -2.24. The number of anilines is 2. The number of ether oxygens (including phenoxy) is 1. The highest BCUT2D eigenvalue weighted by atomic mass is 35.5. The Morgan fingerprint density at radius 3 is 2.77 bits per heavy atom. The third kappa shape index (κ3) is 3.60. The first kappa shape index (κ1) is 19.5. The number of carbonyl (C=O) groups excluding carboxylic acids is 1. The van der Waals surface area contributed by atoms with Crippen LogP contribution in [0, 0.1) is 0 Å². The second kappa shape index (κ2) is 7.92. The number of allylic oxidation sites excluding steroid dienone is 1. The Morgan fingerprint density at radius 1 is 1.23 bits per heavy atom. The van der Waals surface area contributed by atoms with Crippen LogP contribution in [0.15, 0.2) is 66.5 Å². The van der Waals surface area contributed by atoms with E-state index in [9.17, 15) is 14.7 Å². The molecular formula is C21H17ClN4O4. The summed E-state index contributed by atoms with van der Waals surface area (Å²) in [4.78, 5) is 24.6. The number of nitrogens with zero attached hydrogens (tertiary/aromatic N) is 2. The molecule has 3 N–H and O–H groups in total. The molecule has 2 heterocycles. The van der Waals surface area contributed by atoms with E-state index in [0.29, 0.717) is 16.5 Å². The quantitative estimate of drug-likeness (QED) is 0.575. The predicted octanol–water partition coefficient (Wildman–Crippen LogP) is 3.78. The first-order valence-corrected chi connectivity index (χ1v) is 9.35. The summed E-state index contributed by atoms with van der Waals surface area (Å²) >= 11 is 6.11. The minimum atomic E-state index is -1.15. The third-order valence-electron chi connectivity index (χ3n) is 4.66. The van der Waals surface area contributed by atoms with Crippen molar-refractivity contribution in [2.24, 2.45) is 0 Å². The van der Waals surface area contributed by atoms with Gasteiger partial charge >= 0.3 is 5.97 Å². The van der Waals surface area contributed by atoms with E-state index < -0.39 is 17.9 Å². The Bertz CT molecular complexity index is 1170. The van der Waals surface area contributed by atoms with Crippen LogP contribution in [0.3, 0.4) is 0 Å². The van der Waals surface area contributed by atoms with Crippen LogP contribution in [0.2, 0.25) is 5.02 Å². The first-order valence-electron chi connectivity index (χ1n) is 8.97. The number of halogens is 1. The van der Waals surface area contributed by atoms with Gasteiger partial charge in [-0.15, -0.1) is 0 Å². The summed E-state index contributed by atoms with van der Waals surface area (Å²) in [5, 5.41) is 20.0. The number of hydrogen-bond donors (Lipinski definition) is 3. The predicted molar refractivity (Wildman–Crippen MR) is 112 cm³/mol. The van der Waals surface area contributed by atoms with Crippen molar-refractivity contribution in [3.05, 3.63) is 82.7 Å². The maximum absolute atomic E-state index is 12.9. The number of fused-ring (bicyclic) bond motifs is 1. The van der Waals surface area contributed by atoms with Crippen LogP contribution in [-0.4, -0.2) is 33.9 Å². The van der Waals surface area contributed by atoms with Crippen molar-refractivity contribution in [2.45, 2.75) is 6.04 Å². The van der Waals surface area contributed by atoms with E-state index in [0.717, 1.165) is 5.56 Å². The fourth-order valence-corrected chi connectivity index (χ4v) is 3.45. The zero-order valence-corrected chi connectivity index (χ0v) is 16.6. The van der Waals surface area contributed by atoms with Gasteiger partial charge in [0.1, 0.15) is 22.8 Å². The number of benzene rings is 2. The van der Waals surface area contributed by atoms with Gasteiger partial charge < -0.3 is 20.5 Å². The van der Waals surface area contributed by atoms with E-state index in [1.165, 1.54) is 19.4 Å². The highest BCUT2D eigenvalue weighted by Crippen LogP contribution is 2.33. The molecule has 8 nitrogen and oxygen atoms in total. The molecular weight excluding hydrogens is 408 g/mol. The fraction of sp³-hybridized carbons (Fsp3) is 0.0952. The summed E-state index contributed by atoms with van der Waals surface area (Å²) in [5.74, 6) is -0.828. The maximum atomic E-state index is 12.9. The van der Waals surface area contributed by atoms with Crippen molar-refractivity contribution >= 4 is 35.0 Å². The molecule has 30 heavy (non-hydrogen) atoms. The van der Waals surface area contributed by atoms with Gasteiger partial charge in [0.15, 0.2) is 0 Å². The topological polar surface area (TPSA) is 105 Å². The number of amides is 1. The molecule has 152 valence electrons. The van der Waals surface area contributed by atoms with Gasteiger partial charge in [0.05, 0.1) is 25.0 Å². The number of carboxylic acid groups (broad SMARTS) is 1. The number of methoxy groups -OCH3 is 1. The number of carboxylic acids is 1. The van der Waals surface area contributed by atoms with Crippen molar-refractivity contribution < 1.29 is 19.4 Å². The molecule has 1 unspecified atom stereocenters. The van der Waals surface area contributed by atoms with Crippen LogP contribution in [0.1, 0.15) is 22.0 Å². The average molecular weight is 425 g/mol. The summed E-state index contributed by atoms with van der Waals surface area (Å²) in [7, 11) is 1.51. The highest BCUT2D eigenvalue weighted by molar-refractivity contribution is 6.30. The summed E-state index contributed by atoms with van der Waals surface area (Å²) in [6, 6.07) is 13.5. The average Bonchev–Trinajstić information content (AvgIpc) is 3.17. The normalized spacial score (nSPS) is 14.9. The van der Waals surface area contributed by atoms with Crippen LogP contribution >= 0.6 is 11.6 Å². The van der Waals surface area contributed by atoms with Crippen molar-refractivity contribution in [2.75, 3.05) is 17.7 Å². The first-order chi connectivity index (χ1) is 14.5. The van der Waals surface area contributed by atoms with Gasteiger partial charge in [-0.1, -0.05) is 35.9 Å². The van der Waals surface area contributed by atoms with Crippen LogP contribution in [0.5, 0.6) is 5.75 Å². The number of aliphatic carboxylic acids is 1. The van der Waals surface area contributed by atoms with Gasteiger partial charge in [-0.2, -0.15) is 5.10 Å². The molecule has 0 saturated carbocycles. The van der Waals surface area contributed by atoms with Gasteiger partial charge in [-0.25, -0.2) is 9.48 Å². The van der Waals surface area contributed by atoms with Crippen LogP contribution in [0.4, 0.5) is 11.5 Å². The summed E-state index contributed by atoms with van der Waals surface area (Å²) in [6.07, 6.45) is 2.92. The van der Waals surface area contributed by atoms with E-state index >= 15 is 0 Å². The number of rotatable bonds is 5. The molecule has 0 spiro atoms. The molecule has 4 rings (SSSR count). The maximum Gasteiger partial charge on any atom is 0.352 e. The Kier molecular flexibility index (Phi) is 5.16. The van der Waals surface area contributed by atoms with Gasteiger partial charge in [-0.05, 0) is 35.9 Å². The molecule has 0 aliphatic carbocycles. The second-order valence-electron chi connectivity index (χ2n) is 6.52. The zero-order chi connectivity index (χ0) is 21.3. The molecule has 1 amide bonds. The largest absolute Gasteiger partial charge is 0.495 e. The Hall–Kier alpha value is -3.78. The van der Waals surface area contributed by atoms with Crippen molar-refractivity contribution in [3.8, 4) is 5.75 Å². The SMILES string of the molecule is COc1ccccc1NC(=O)c1cnn2c1NC(C(=O)O)=CC2c1cccc(Cl)c1. The monoisotopic (exact) mass is 424 g/mol.